The monoisotopic (exact) mass is 527 g/mol. The van der Waals surface area contributed by atoms with Crippen LogP contribution in [0.15, 0.2) is 34.7 Å². The average molecular weight is 528 g/mol. The molecule has 1 aliphatic rings. The number of methoxy groups -OCH3 is 1. The molecule has 0 radical (unpaired) electrons. The molecule has 1 unspecified atom stereocenters. The molecule has 0 saturated heterocycles. The number of rotatable bonds is 8. The number of carbonyl (C=O) groups excluding carboxylic acids is 2. The summed E-state index contributed by atoms with van der Waals surface area (Å²) in [5.74, 6) is -6.22. The zero-order valence-corrected chi connectivity index (χ0v) is 19.6. The summed E-state index contributed by atoms with van der Waals surface area (Å²) in [7, 11) is 0.873. The SMILES string of the molecule is COC(=O)C1=C(CF)NC(C)=C(C(=O)OCC(C)(CO)CO)C1c1c(F)ccc(Cl)c1C(F)(F)F. The van der Waals surface area contributed by atoms with Gasteiger partial charge in [-0.1, -0.05) is 18.5 Å². The minimum absolute atomic E-state index is 0.220. The van der Waals surface area contributed by atoms with Crippen LogP contribution in [0, 0.1) is 11.2 Å². The van der Waals surface area contributed by atoms with Crippen molar-refractivity contribution in [1.29, 1.82) is 0 Å². The van der Waals surface area contributed by atoms with E-state index in [2.05, 4.69) is 10.1 Å². The lowest BCUT2D eigenvalue weighted by molar-refractivity contribution is -0.145. The summed E-state index contributed by atoms with van der Waals surface area (Å²) in [5.41, 5.74) is -6.37. The number of dihydropyridines is 1. The lowest BCUT2D eigenvalue weighted by atomic mass is 9.78. The van der Waals surface area contributed by atoms with Crippen molar-refractivity contribution in [3.05, 3.63) is 56.6 Å². The summed E-state index contributed by atoms with van der Waals surface area (Å²) in [6.45, 7) is -0.650. The standard InChI is InChI=1S/C22H23ClF5NO6/c1-10-14(20(33)35-9-21(2,7-30)8-31)17(16(19(32)34-3)13(6-24)29-10)15-12(25)5-4-11(23)18(15)22(26,27)28/h4-5,17,29-31H,6-9H2,1-3H3. The van der Waals surface area contributed by atoms with Gasteiger partial charge in [0.15, 0.2) is 0 Å². The number of aliphatic hydroxyl groups excluding tert-OH is 2. The Balaban J connectivity index is 2.85. The first-order valence-corrected chi connectivity index (χ1v) is 10.4. The number of alkyl halides is 4. The second-order valence-electron chi connectivity index (χ2n) is 8.13. The summed E-state index contributed by atoms with van der Waals surface area (Å²) < 4.78 is 80.6. The van der Waals surface area contributed by atoms with Crippen molar-refractivity contribution in [3.63, 3.8) is 0 Å². The number of esters is 2. The van der Waals surface area contributed by atoms with Crippen LogP contribution in [0.4, 0.5) is 22.0 Å². The molecule has 0 saturated carbocycles. The molecule has 0 spiro atoms. The maximum atomic E-state index is 15.1. The molecule has 1 atom stereocenters. The third-order valence-corrected chi connectivity index (χ3v) is 5.75. The van der Waals surface area contributed by atoms with Crippen molar-refractivity contribution >= 4 is 23.5 Å². The Morgan fingerprint density at radius 2 is 1.74 bits per heavy atom. The van der Waals surface area contributed by atoms with E-state index in [9.17, 15) is 37.4 Å². The molecule has 0 aliphatic carbocycles. The predicted molar refractivity (Wildman–Crippen MR) is 113 cm³/mol. The number of aliphatic hydroxyl groups is 2. The molecule has 1 heterocycles. The topological polar surface area (TPSA) is 105 Å². The summed E-state index contributed by atoms with van der Waals surface area (Å²) in [4.78, 5) is 25.7. The Labute approximate surface area is 202 Å². The van der Waals surface area contributed by atoms with E-state index < -0.39 is 94.8 Å². The third kappa shape index (κ3) is 5.76. The van der Waals surface area contributed by atoms with E-state index in [1.165, 1.54) is 13.8 Å². The molecule has 0 aromatic heterocycles. The van der Waals surface area contributed by atoms with Crippen molar-refractivity contribution in [3.8, 4) is 0 Å². The van der Waals surface area contributed by atoms with Crippen molar-refractivity contribution in [2.24, 2.45) is 5.41 Å². The first-order chi connectivity index (χ1) is 16.3. The van der Waals surface area contributed by atoms with Gasteiger partial charge < -0.3 is 25.0 Å². The predicted octanol–water partition coefficient (Wildman–Crippen LogP) is 3.39. The first-order valence-electron chi connectivity index (χ1n) is 10.0. The number of hydrogen-bond acceptors (Lipinski definition) is 7. The number of benzene rings is 1. The molecule has 1 aromatic carbocycles. The maximum Gasteiger partial charge on any atom is 0.418 e. The highest BCUT2D eigenvalue weighted by Gasteiger charge is 2.46. The molecular weight excluding hydrogens is 505 g/mol. The van der Waals surface area contributed by atoms with Gasteiger partial charge >= 0.3 is 18.1 Å². The third-order valence-electron chi connectivity index (χ3n) is 5.43. The molecule has 0 amide bonds. The van der Waals surface area contributed by atoms with Gasteiger partial charge in [0.05, 0.1) is 53.7 Å². The lowest BCUT2D eigenvalue weighted by Crippen LogP contribution is -2.37. The highest BCUT2D eigenvalue weighted by Crippen LogP contribution is 2.48. The van der Waals surface area contributed by atoms with E-state index in [4.69, 9.17) is 16.3 Å². The van der Waals surface area contributed by atoms with Crippen LogP contribution in [0.5, 0.6) is 0 Å². The zero-order chi connectivity index (χ0) is 26.7. The molecule has 13 heteroatoms. The Hall–Kier alpha value is -2.70. The fraction of sp³-hybridized carbons (Fsp3) is 0.455. The van der Waals surface area contributed by atoms with Crippen LogP contribution in [0.25, 0.3) is 0 Å². The molecule has 35 heavy (non-hydrogen) atoms. The van der Waals surface area contributed by atoms with Crippen LogP contribution in [0.3, 0.4) is 0 Å². The number of nitrogens with one attached hydrogen (secondary N) is 1. The number of hydrogen-bond donors (Lipinski definition) is 3. The number of allylic oxidation sites excluding steroid dienone is 2. The summed E-state index contributed by atoms with van der Waals surface area (Å²) in [5, 5.41) is 20.4. The summed E-state index contributed by atoms with van der Waals surface area (Å²) >= 11 is 5.76. The van der Waals surface area contributed by atoms with Crippen LogP contribution in [0.2, 0.25) is 5.02 Å². The molecule has 3 N–H and O–H groups in total. The normalized spacial score (nSPS) is 16.8. The number of carbonyl (C=O) groups is 2. The van der Waals surface area contributed by atoms with E-state index in [1.54, 1.807) is 0 Å². The Morgan fingerprint density at radius 1 is 1.14 bits per heavy atom. The molecule has 2 rings (SSSR count). The first kappa shape index (κ1) is 28.5. The van der Waals surface area contributed by atoms with Crippen LogP contribution >= 0.6 is 11.6 Å². The maximum absolute atomic E-state index is 15.1. The van der Waals surface area contributed by atoms with Crippen molar-refractivity contribution < 1.29 is 51.2 Å². The fourth-order valence-electron chi connectivity index (χ4n) is 3.51. The van der Waals surface area contributed by atoms with Crippen molar-refractivity contribution in [1.82, 2.24) is 5.32 Å². The van der Waals surface area contributed by atoms with Crippen LogP contribution in [0.1, 0.15) is 30.9 Å². The smallest absolute Gasteiger partial charge is 0.418 e. The largest absolute Gasteiger partial charge is 0.466 e. The van der Waals surface area contributed by atoms with Gasteiger partial charge in [0.25, 0.3) is 0 Å². The Bertz CT molecular complexity index is 1070. The van der Waals surface area contributed by atoms with Gasteiger partial charge in [-0.15, -0.1) is 0 Å². The molecule has 0 fully saturated rings. The van der Waals surface area contributed by atoms with Crippen molar-refractivity contribution in [2.75, 3.05) is 33.6 Å². The van der Waals surface area contributed by atoms with Gasteiger partial charge in [0.2, 0.25) is 0 Å². The average Bonchev–Trinajstić information content (AvgIpc) is 2.81. The van der Waals surface area contributed by atoms with Crippen LogP contribution in [-0.4, -0.2) is 55.8 Å². The minimum Gasteiger partial charge on any atom is -0.466 e. The van der Waals surface area contributed by atoms with Gasteiger partial charge in [-0.05, 0) is 19.1 Å². The molecule has 1 aliphatic heterocycles. The highest BCUT2D eigenvalue weighted by molar-refractivity contribution is 6.31. The second kappa shape index (κ2) is 10.9. The van der Waals surface area contributed by atoms with E-state index in [0.717, 1.165) is 7.11 Å². The van der Waals surface area contributed by atoms with Gasteiger partial charge in [-0.25, -0.2) is 18.4 Å². The summed E-state index contributed by atoms with van der Waals surface area (Å²) in [6.07, 6.45) is -5.23. The zero-order valence-electron chi connectivity index (χ0n) is 18.9. The van der Waals surface area contributed by atoms with Crippen molar-refractivity contribution in [2.45, 2.75) is 25.9 Å². The Morgan fingerprint density at radius 3 is 2.23 bits per heavy atom. The second-order valence-corrected chi connectivity index (χ2v) is 8.54. The summed E-state index contributed by atoms with van der Waals surface area (Å²) in [6, 6.07) is 1.27. The lowest BCUT2D eigenvalue weighted by Gasteiger charge is -2.33. The molecule has 0 bridgehead atoms. The van der Waals surface area contributed by atoms with Gasteiger partial charge in [-0.3, -0.25) is 0 Å². The fourth-order valence-corrected chi connectivity index (χ4v) is 3.78. The molecule has 194 valence electrons. The molecular formula is C22H23ClF5NO6. The number of ether oxygens (including phenoxy) is 2. The van der Waals surface area contributed by atoms with E-state index in [-0.39, 0.29) is 5.70 Å². The van der Waals surface area contributed by atoms with Gasteiger partial charge in [-0.2, -0.15) is 13.2 Å². The Kier molecular flexibility index (Phi) is 8.90. The van der Waals surface area contributed by atoms with Crippen LogP contribution in [-0.2, 0) is 25.2 Å². The quantitative estimate of drug-likeness (QED) is 0.351. The molecule has 7 nitrogen and oxygen atoms in total. The van der Waals surface area contributed by atoms with Gasteiger partial charge in [0, 0.05) is 16.7 Å². The highest BCUT2D eigenvalue weighted by atomic mass is 35.5. The van der Waals surface area contributed by atoms with Crippen LogP contribution < -0.4 is 5.32 Å². The number of halogens is 6. The minimum atomic E-state index is -5.23. The van der Waals surface area contributed by atoms with E-state index in [1.807, 2.05) is 0 Å². The van der Waals surface area contributed by atoms with Gasteiger partial charge in [0.1, 0.15) is 19.1 Å². The van der Waals surface area contributed by atoms with E-state index in [0.29, 0.717) is 12.1 Å². The molecule has 1 aromatic rings. The van der Waals surface area contributed by atoms with E-state index >= 15 is 4.39 Å².